The molecule has 13 heavy (non-hydrogen) atoms. The maximum Gasteiger partial charge on any atom is 0.110 e. The Morgan fingerprint density at radius 3 is 2.85 bits per heavy atom. The molecule has 0 amide bonds. The molecule has 0 spiro atoms. The van der Waals surface area contributed by atoms with Crippen molar-refractivity contribution in [3.63, 3.8) is 0 Å². The van der Waals surface area contributed by atoms with Crippen molar-refractivity contribution >= 4 is 0 Å². The number of hydrogen-bond acceptors (Lipinski definition) is 2. The summed E-state index contributed by atoms with van der Waals surface area (Å²) in [6.45, 7) is 6.32. The van der Waals surface area contributed by atoms with Crippen LogP contribution in [0.1, 0.15) is 20.3 Å². The molecule has 1 aliphatic rings. The SMILES string of the molecule is CC(CN)C(C)N1CCC=C(F)C1. The van der Waals surface area contributed by atoms with Crippen LogP contribution in [-0.4, -0.2) is 30.6 Å². The number of hydrogen-bond donors (Lipinski definition) is 1. The van der Waals surface area contributed by atoms with E-state index in [0.717, 1.165) is 13.0 Å². The van der Waals surface area contributed by atoms with Gasteiger partial charge in [-0.3, -0.25) is 4.90 Å². The molecule has 0 aliphatic carbocycles. The lowest BCUT2D eigenvalue weighted by Crippen LogP contribution is -2.42. The monoisotopic (exact) mass is 186 g/mol. The molecule has 2 nitrogen and oxygen atoms in total. The topological polar surface area (TPSA) is 29.3 Å². The van der Waals surface area contributed by atoms with Crippen LogP contribution in [0.4, 0.5) is 4.39 Å². The summed E-state index contributed by atoms with van der Waals surface area (Å²) in [4.78, 5) is 2.16. The molecule has 2 unspecified atom stereocenters. The molecule has 0 saturated carbocycles. The minimum Gasteiger partial charge on any atom is -0.330 e. The predicted octanol–water partition coefficient (Wildman–Crippen LogP) is 1.53. The molecule has 0 aromatic rings. The van der Waals surface area contributed by atoms with Crippen LogP contribution in [0.2, 0.25) is 0 Å². The van der Waals surface area contributed by atoms with Crippen LogP contribution in [0.15, 0.2) is 11.9 Å². The van der Waals surface area contributed by atoms with E-state index in [1.807, 2.05) is 0 Å². The van der Waals surface area contributed by atoms with E-state index in [0.29, 0.717) is 25.0 Å². The molecule has 0 aromatic carbocycles. The first kappa shape index (κ1) is 10.7. The summed E-state index contributed by atoms with van der Waals surface area (Å²) < 4.78 is 12.9. The van der Waals surface area contributed by atoms with Crippen molar-refractivity contribution in [1.29, 1.82) is 0 Å². The van der Waals surface area contributed by atoms with Crippen LogP contribution in [0.3, 0.4) is 0 Å². The van der Waals surface area contributed by atoms with Crippen molar-refractivity contribution in [3.8, 4) is 0 Å². The largest absolute Gasteiger partial charge is 0.330 e. The maximum atomic E-state index is 12.9. The highest BCUT2D eigenvalue weighted by atomic mass is 19.1. The molecule has 1 heterocycles. The lowest BCUT2D eigenvalue weighted by Gasteiger charge is -2.33. The Bertz CT molecular complexity index is 191. The average molecular weight is 186 g/mol. The zero-order valence-corrected chi connectivity index (χ0v) is 8.46. The van der Waals surface area contributed by atoms with Crippen molar-refractivity contribution < 1.29 is 4.39 Å². The van der Waals surface area contributed by atoms with Gasteiger partial charge >= 0.3 is 0 Å². The number of nitrogens with zero attached hydrogens (tertiary/aromatic N) is 1. The van der Waals surface area contributed by atoms with Crippen molar-refractivity contribution in [2.24, 2.45) is 11.7 Å². The zero-order valence-electron chi connectivity index (χ0n) is 8.46. The Labute approximate surface area is 79.6 Å². The quantitative estimate of drug-likeness (QED) is 0.724. The van der Waals surface area contributed by atoms with Crippen molar-refractivity contribution in [2.45, 2.75) is 26.3 Å². The standard InChI is InChI=1S/C10H19FN2/c1-8(6-12)9(2)13-5-3-4-10(11)7-13/h4,8-9H,3,5-7,12H2,1-2H3. The van der Waals surface area contributed by atoms with Gasteiger partial charge in [0.1, 0.15) is 5.83 Å². The summed E-state index contributed by atoms with van der Waals surface area (Å²) in [5, 5.41) is 0. The van der Waals surface area contributed by atoms with Crippen LogP contribution >= 0.6 is 0 Å². The van der Waals surface area contributed by atoms with Crippen LogP contribution in [0.5, 0.6) is 0 Å². The molecule has 1 rings (SSSR count). The molecule has 2 N–H and O–H groups in total. The van der Waals surface area contributed by atoms with E-state index >= 15 is 0 Å². The fourth-order valence-electron chi connectivity index (χ4n) is 1.63. The van der Waals surface area contributed by atoms with E-state index in [2.05, 4.69) is 18.7 Å². The second kappa shape index (κ2) is 4.72. The Balaban J connectivity index is 2.48. The molecule has 76 valence electrons. The Morgan fingerprint density at radius 2 is 2.31 bits per heavy atom. The normalized spacial score (nSPS) is 23.8. The van der Waals surface area contributed by atoms with Crippen LogP contribution < -0.4 is 5.73 Å². The first-order chi connectivity index (χ1) is 6.15. The van der Waals surface area contributed by atoms with Gasteiger partial charge in [0.2, 0.25) is 0 Å². The maximum absolute atomic E-state index is 12.9. The van der Waals surface area contributed by atoms with E-state index in [4.69, 9.17) is 5.73 Å². The first-order valence-electron chi connectivity index (χ1n) is 4.93. The second-order valence-corrected chi connectivity index (χ2v) is 3.86. The van der Waals surface area contributed by atoms with E-state index < -0.39 is 0 Å². The van der Waals surface area contributed by atoms with Gasteiger partial charge in [0.25, 0.3) is 0 Å². The smallest absolute Gasteiger partial charge is 0.110 e. The summed E-state index contributed by atoms with van der Waals surface area (Å²) in [6.07, 6.45) is 2.50. The van der Waals surface area contributed by atoms with Gasteiger partial charge in [0.05, 0.1) is 6.54 Å². The number of rotatable bonds is 3. The van der Waals surface area contributed by atoms with Crippen LogP contribution in [-0.2, 0) is 0 Å². The average Bonchev–Trinajstić information content (AvgIpc) is 2.15. The van der Waals surface area contributed by atoms with Gasteiger partial charge in [0, 0.05) is 12.6 Å². The fourth-order valence-corrected chi connectivity index (χ4v) is 1.63. The molecule has 1 aliphatic heterocycles. The second-order valence-electron chi connectivity index (χ2n) is 3.86. The van der Waals surface area contributed by atoms with Gasteiger partial charge in [-0.05, 0) is 25.8 Å². The molecule has 0 aromatic heterocycles. The van der Waals surface area contributed by atoms with Gasteiger partial charge in [-0.25, -0.2) is 4.39 Å². The van der Waals surface area contributed by atoms with Gasteiger partial charge in [-0.15, -0.1) is 0 Å². The molecule has 0 saturated heterocycles. The molecule has 0 radical (unpaired) electrons. The van der Waals surface area contributed by atoms with Crippen LogP contribution in [0.25, 0.3) is 0 Å². The van der Waals surface area contributed by atoms with Crippen LogP contribution in [0, 0.1) is 5.92 Å². The summed E-state index contributed by atoms with van der Waals surface area (Å²) in [6, 6.07) is 0.379. The summed E-state index contributed by atoms with van der Waals surface area (Å²) in [5.74, 6) is 0.438. The lowest BCUT2D eigenvalue weighted by atomic mass is 10.0. The minimum atomic E-state index is 0.00215. The highest BCUT2D eigenvalue weighted by molar-refractivity contribution is 5.00. The fraction of sp³-hybridized carbons (Fsp3) is 0.800. The third kappa shape index (κ3) is 2.78. The highest BCUT2D eigenvalue weighted by Gasteiger charge is 2.21. The van der Waals surface area contributed by atoms with E-state index in [1.165, 1.54) is 0 Å². The zero-order chi connectivity index (χ0) is 9.84. The van der Waals surface area contributed by atoms with E-state index in [1.54, 1.807) is 6.08 Å². The van der Waals surface area contributed by atoms with Gasteiger partial charge in [-0.1, -0.05) is 13.0 Å². The molecule has 0 fully saturated rings. The summed E-state index contributed by atoms with van der Waals surface area (Å²) in [7, 11) is 0. The minimum absolute atomic E-state index is 0.00215. The molecular weight excluding hydrogens is 167 g/mol. The van der Waals surface area contributed by atoms with Gasteiger partial charge in [0.15, 0.2) is 0 Å². The van der Waals surface area contributed by atoms with Crippen molar-refractivity contribution in [1.82, 2.24) is 4.90 Å². The third-order valence-electron chi connectivity index (χ3n) is 2.91. The first-order valence-corrected chi connectivity index (χ1v) is 4.93. The summed E-state index contributed by atoms with van der Waals surface area (Å²) >= 11 is 0. The molecule has 3 heteroatoms. The van der Waals surface area contributed by atoms with Crippen molar-refractivity contribution in [3.05, 3.63) is 11.9 Å². The van der Waals surface area contributed by atoms with Crippen molar-refractivity contribution in [2.75, 3.05) is 19.6 Å². The molecule has 2 atom stereocenters. The Hall–Kier alpha value is -0.410. The third-order valence-corrected chi connectivity index (χ3v) is 2.91. The Morgan fingerprint density at radius 1 is 1.62 bits per heavy atom. The highest BCUT2D eigenvalue weighted by Crippen LogP contribution is 2.17. The Kier molecular flexibility index (Phi) is 3.88. The number of halogens is 1. The van der Waals surface area contributed by atoms with Gasteiger partial charge < -0.3 is 5.73 Å². The van der Waals surface area contributed by atoms with E-state index in [-0.39, 0.29) is 5.83 Å². The predicted molar refractivity (Wildman–Crippen MR) is 53.1 cm³/mol. The summed E-state index contributed by atoms with van der Waals surface area (Å²) in [5.41, 5.74) is 5.58. The lowest BCUT2D eigenvalue weighted by molar-refractivity contribution is 0.162. The number of nitrogens with two attached hydrogens (primary N) is 1. The van der Waals surface area contributed by atoms with Gasteiger partial charge in [-0.2, -0.15) is 0 Å². The molecular formula is C10H19FN2. The van der Waals surface area contributed by atoms with E-state index in [9.17, 15) is 4.39 Å². The molecule has 0 bridgehead atoms.